The molecule has 0 aliphatic heterocycles. The molecular weight excluding hydrogens is 80.0 g/mol. The number of nitrogens with zero attached hydrogens (tertiary/aromatic N) is 2. The van der Waals surface area contributed by atoms with Crippen LogP contribution in [0.15, 0.2) is 10.4 Å². The van der Waals surface area contributed by atoms with Crippen LogP contribution in [0.5, 0.6) is 0 Å². The molecule has 0 aliphatic rings. The first-order valence-corrected chi connectivity index (χ1v) is 1.91. The monoisotopic (exact) mass is 87.1 g/mol. The van der Waals surface area contributed by atoms with Crippen LogP contribution >= 0.6 is 0 Å². The quantitative estimate of drug-likeness (QED) is 0.370. The Kier molecular flexibility index (Phi) is 3.96. The highest BCUT2D eigenvalue weighted by Gasteiger charge is 1.65. The van der Waals surface area contributed by atoms with Gasteiger partial charge in [0.1, 0.15) is 0 Å². The lowest BCUT2D eigenvalue weighted by atomic mass is 10.5. The summed E-state index contributed by atoms with van der Waals surface area (Å²) in [4.78, 5) is 0. The highest BCUT2D eigenvalue weighted by atomic mass is 16.5. The van der Waals surface area contributed by atoms with E-state index in [-0.39, 0.29) is 0 Å². The van der Waals surface area contributed by atoms with Gasteiger partial charge in [-0.1, -0.05) is 6.92 Å². The lowest BCUT2D eigenvalue weighted by Crippen LogP contribution is -1.67. The molecule has 0 aliphatic carbocycles. The van der Waals surface area contributed by atoms with E-state index < -0.39 is 0 Å². The van der Waals surface area contributed by atoms with E-state index in [1.807, 2.05) is 6.92 Å². The first-order valence-electron chi connectivity index (χ1n) is 1.91. The summed E-state index contributed by atoms with van der Waals surface area (Å²) in [6.07, 6.45) is 0.895. The van der Waals surface area contributed by atoms with Crippen molar-refractivity contribution in [3.8, 4) is 0 Å². The normalized spacial score (nSPS) is 10.2. The van der Waals surface area contributed by atoms with Gasteiger partial charge in [-0.3, -0.25) is 0 Å². The Labute approximate surface area is 36.7 Å². The van der Waals surface area contributed by atoms with E-state index in [1.165, 1.54) is 0 Å². The average Bonchev–Trinajstić information content (AvgIpc) is 1.61. The van der Waals surface area contributed by atoms with E-state index in [1.54, 1.807) is 0 Å². The topological polar surface area (TPSA) is 47.8 Å². The molecule has 0 aromatic carbocycles. The Morgan fingerprint density at radius 1 is 1.67 bits per heavy atom. The minimum absolute atomic E-state index is 0.559. The molecule has 3 heteroatoms. The molecule has 0 spiro atoms. The van der Waals surface area contributed by atoms with E-state index in [2.05, 4.69) is 10.4 Å². The van der Waals surface area contributed by atoms with Crippen molar-refractivity contribution in [3.05, 3.63) is 5.21 Å². The van der Waals surface area contributed by atoms with Gasteiger partial charge in [-0.2, -0.15) is 5.11 Å². The summed E-state index contributed by atoms with van der Waals surface area (Å²) in [6.45, 7) is 2.50. The van der Waals surface area contributed by atoms with Gasteiger partial charge in [0.2, 0.25) is 0 Å². The highest BCUT2D eigenvalue weighted by molar-refractivity contribution is 4.32. The van der Waals surface area contributed by atoms with Gasteiger partial charge in [0.25, 0.3) is 0 Å². The molecule has 0 fully saturated rings. The summed E-state index contributed by atoms with van der Waals surface area (Å²) in [5, 5.41) is 14.6. The third-order valence-electron chi connectivity index (χ3n) is 0.381. The predicted octanol–water partition coefficient (Wildman–Crippen LogP) is 1.35. The van der Waals surface area contributed by atoms with Gasteiger partial charge >= 0.3 is 0 Å². The maximum absolute atomic E-state index is 9.15. The van der Waals surface area contributed by atoms with Crippen LogP contribution in [0.25, 0.3) is 0 Å². The maximum atomic E-state index is 9.15. The maximum Gasteiger partial charge on any atom is 0.0593 e. The van der Waals surface area contributed by atoms with Crippen LogP contribution in [0.3, 0.4) is 0 Å². The Balaban J connectivity index is 2.66. The molecule has 0 unspecified atom stereocenters. The Morgan fingerprint density at radius 2 is 2.33 bits per heavy atom. The van der Waals surface area contributed by atoms with Gasteiger partial charge in [-0.05, 0) is 6.42 Å². The van der Waals surface area contributed by atoms with E-state index in [4.69, 9.17) is 5.21 Å². The van der Waals surface area contributed by atoms with Crippen molar-refractivity contribution in [2.75, 3.05) is 6.54 Å². The van der Waals surface area contributed by atoms with E-state index in [0.29, 0.717) is 6.54 Å². The van der Waals surface area contributed by atoms with Gasteiger partial charge in [-0.15, -0.1) is 0 Å². The summed E-state index contributed by atoms with van der Waals surface area (Å²) in [6, 6.07) is 0. The van der Waals surface area contributed by atoms with Crippen molar-refractivity contribution in [1.82, 2.24) is 0 Å². The zero-order chi connectivity index (χ0) is 4.83. The summed E-state index contributed by atoms with van der Waals surface area (Å²) in [5.41, 5.74) is 0. The van der Waals surface area contributed by atoms with Crippen LogP contribution in [0, 0.1) is 5.21 Å². The van der Waals surface area contributed by atoms with Crippen molar-refractivity contribution < 1.29 is 0 Å². The van der Waals surface area contributed by atoms with Gasteiger partial charge < -0.3 is 5.21 Å². The molecule has 0 atom stereocenters. The van der Waals surface area contributed by atoms with Gasteiger partial charge in [-0.25, -0.2) is 5.28 Å². The molecule has 0 radical (unpaired) electrons. The van der Waals surface area contributed by atoms with E-state index in [9.17, 15) is 0 Å². The molecular formula is C3H7N2O-. The molecule has 0 N–H and O–H groups in total. The van der Waals surface area contributed by atoms with Crippen LogP contribution in [-0.4, -0.2) is 6.54 Å². The summed E-state index contributed by atoms with van der Waals surface area (Å²) in [5.74, 6) is 0. The largest absolute Gasteiger partial charge is 0.775 e. The Hall–Kier alpha value is -0.600. The predicted molar refractivity (Wildman–Crippen MR) is 23.4 cm³/mol. The van der Waals surface area contributed by atoms with Crippen LogP contribution in [0.2, 0.25) is 0 Å². The summed E-state index contributed by atoms with van der Waals surface area (Å²) in [7, 11) is 0. The fourth-order valence-corrected chi connectivity index (χ4v) is 0.141. The van der Waals surface area contributed by atoms with Crippen molar-refractivity contribution in [2.45, 2.75) is 13.3 Å². The summed E-state index contributed by atoms with van der Waals surface area (Å²) >= 11 is 0. The number of rotatable bonds is 2. The van der Waals surface area contributed by atoms with Crippen LogP contribution in [-0.2, 0) is 0 Å². The molecule has 6 heavy (non-hydrogen) atoms. The van der Waals surface area contributed by atoms with Gasteiger partial charge in [0.15, 0.2) is 0 Å². The fraction of sp³-hybridized carbons (Fsp3) is 1.00. The standard InChI is InChI=1S/C3H8N2O/c1-2-3-4-5-6/h2-3H2,1H3,(H,4,6)/p-1. The molecule has 3 nitrogen and oxygen atoms in total. The van der Waals surface area contributed by atoms with Gasteiger partial charge in [0.05, 0.1) is 6.54 Å². The molecule has 0 aromatic heterocycles. The van der Waals surface area contributed by atoms with Crippen molar-refractivity contribution in [2.24, 2.45) is 10.4 Å². The molecule has 0 amide bonds. The molecule has 0 saturated carbocycles. The van der Waals surface area contributed by atoms with Crippen molar-refractivity contribution >= 4 is 0 Å². The second-order valence-electron chi connectivity index (χ2n) is 0.947. The zero-order valence-corrected chi connectivity index (χ0v) is 3.72. The highest BCUT2D eigenvalue weighted by Crippen LogP contribution is 1.75. The van der Waals surface area contributed by atoms with Crippen molar-refractivity contribution in [3.63, 3.8) is 0 Å². The van der Waals surface area contributed by atoms with Crippen LogP contribution in [0.4, 0.5) is 0 Å². The second-order valence-corrected chi connectivity index (χ2v) is 0.947. The molecule has 0 bridgehead atoms. The Morgan fingerprint density at radius 3 is 2.50 bits per heavy atom. The molecule has 0 aromatic rings. The van der Waals surface area contributed by atoms with E-state index >= 15 is 0 Å². The fourth-order valence-electron chi connectivity index (χ4n) is 0.141. The van der Waals surface area contributed by atoms with Crippen LogP contribution < -0.4 is 0 Å². The SMILES string of the molecule is CCCN=N[O-]. The smallest absolute Gasteiger partial charge is 0.0593 e. The average molecular weight is 87.1 g/mol. The third-order valence-corrected chi connectivity index (χ3v) is 0.381. The third kappa shape index (κ3) is 3.40. The number of hydrogen-bond donors (Lipinski definition) is 0. The van der Waals surface area contributed by atoms with Crippen molar-refractivity contribution in [1.29, 1.82) is 0 Å². The molecule has 0 heterocycles. The first-order chi connectivity index (χ1) is 2.91. The van der Waals surface area contributed by atoms with E-state index in [0.717, 1.165) is 6.42 Å². The lowest BCUT2D eigenvalue weighted by molar-refractivity contribution is 0.875. The number of hydrogen-bond acceptors (Lipinski definition) is 3. The Bertz CT molecular complexity index is 44.1. The molecule has 36 valence electrons. The van der Waals surface area contributed by atoms with Gasteiger partial charge in [0, 0.05) is 0 Å². The molecule has 0 saturated heterocycles. The second kappa shape index (κ2) is 4.40. The minimum atomic E-state index is 0.559. The zero-order valence-electron chi connectivity index (χ0n) is 3.72. The summed E-state index contributed by atoms with van der Waals surface area (Å²) < 4.78 is 0. The lowest BCUT2D eigenvalue weighted by Gasteiger charge is -1.84. The molecule has 0 rings (SSSR count). The van der Waals surface area contributed by atoms with Crippen LogP contribution in [0.1, 0.15) is 13.3 Å². The first kappa shape index (κ1) is 5.40. The minimum Gasteiger partial charge on any atom is -0.775 e.